The van der Waals surface area contributed by atoms with Crippen LogP contribution in [-0.4, -0.2) is 25.4 Å². The van der Waals surface area contributed by atoms with E-state index in [1.165, 1.54) is 0 Å². The van der Waals surface area contributed by atoms with Gasteiger partial charge in [0.1, 0.15) is 5.52 Å². The molecule has 0 fully saturated rings. The third-order valence-corrected chi connectivity index (χ3v) is 4.05. The van der Waals surface area contributed by atoms with Crippen LogP contribution in [0.25, 0.3) is 11.0 Å². The molecule has 0 saturated carbocycles. The van der Waals surface area contributed by atoms with Gasteiger partial charge in [-0.3, -0.25) is 4.79 Å². The standard InChI is InChI=1S/C15H15N5O/c21-15(10-4-5-20-9-16-7-11(20)6-10)19-13-3-1-2-12-14(13)18-8-17-12/h1-3,7-10H,4-6H2,(H,17,18)(H,19,21). The van der Waals surface area contributed by atoms with Crippen LogP contribution < -0.4 is 5.32 Å². The summed E-state index contributed by atoms with van der Waals surface area (Å²) in [6.45, 7) is 0.847. The fourth-order valence-electron chi connectivity index (χ4n) is 2.89. The van der Waals surface area contributed by atoms with E-state index in [1.54, 1.807) is 6.33 Å². The number of aromatic nitrogens is 4. The van der Waals surface area contributed by atoms with Gasteiger partial charge in [-0.15, -0.1) is 0 Å². The van der Waals surface area contributed by atoms with Crippen LogP contribution in [0.2, 0.25) is 0 Å². The molecule has 3 aromatic rings. The number of rotatable bonds is 2. The smallest absolute Gasteiger partial charge is 0.228 e. The summed E-state index contributed by atoms with van der Waals surface area (Å²) >= 11 is 0. The quantitative estimate of drug-likeness (QED) is 0.754. The van der Waals surface area contributed by atoms with Crippen LogP contribution >= 0.6 is 0 Å². The van der Waals surface area contributed by atoms with E-state index in [9.17, 15) is 4.79 Å². The Morgan fingerprint density at radius 1 is 1.43 bits per heavy atom. The second kappa shape index (κ2) is 4.73. The monoisotopic (exact) mass is 281 g/mol. The minimum atomic E-state index is -0.0107. The highest BCUT2D eigenvalue weighted by Crippen LogP contribution is 2.24. The number of carbonyl (C=O) groups excluding carboxylic acids is 1. The lowest BCUT2D eigenvalue weighted by Gasteiger charge is -2.23. The van der Waals surface area contributed by atoms with Gasteiger partial charge in [0, 0.05) is 30.8 Å². The van der Waals surface area contributed by atoms with Gasteiger partial charge in [-0.1, -0.05) is 6.07 Å². The third-order valence-electron chi connectivity index (χ3n) is 4.05. The van der Waals surface area contributed by atoms with Crippen LogP contribution in [0.3, 0.4) is 0 Å². The van der Waals surface area contributed by atoms with Gasteiger partial charge >= 0.3 is 0 Å². The van der Waals surface area contributed by atoms with Gasteiger partial charge in [0.15, 0.2) is 0 Å². The minimum absolute atomic E-state index is 0.0107. The highest BCUT2D eigenvalue weighted by atomic mass is 16.1. The average molecular weight is 281 g/mol. The Labute approximate surface area is 121 Å². The first kappa shape index (κ1) is 12.1. The molecule has 0 radical (unpaired) electrons. The molecule has 3 heterocycles. The molecule has 2 aromatic heterocycles. The van der Waals surface area contributed by atoms with E-state index < -0.39 is 0 Å². The summed E-state index contributed by atoms with van der Waals surface area (Å²) in [4.78, 5) is 23.9. The first-order chi connectivity index (χ1) is 10.3. The van der Waals surface area contributed by atoms with Crippen molar-refractivity contribution in [1.82, 2.24) is 19.5 Å². The fourth-order valence-corrected chi connectivity index (χ4v) is 2.89. The molecule has 1 amide bonds. The van der Waals surface area contributed by atoms with Gasteiger partial charge < -0.3 is 14.9 Å². The van der Waals surface area contributed by atoms with Crippen molar-refractivity contribution < 1.29 is 4.79 Å². The number of benzene rings is 1. The summed E-state index contributed by atoms with van der Waals surface area (Å²) in [5.74, 6) is 0.0429. The number of hydrogen-bond acceptors (Lipinski definition) is 3. The number of imidazole rings is 2. The van der Waals surface area contributed by atoms with Crippen molar-refractivity contribution in [3.63, 3.8) is 0 Å². The number of para-hydroxylation sites is 1. The molecule has 106 valence electrons. The van der Waals surface area contributed by atoms with E-state index in [-0.39, 0.29) is 11.8 Å². The molecule has 2 N–H and O–H groups in total. The largest absolute Gasteiger partial charge is 0.345 e. The number of hydrogen-bond donors (Lipinski definition) is 2. The van der Waals surface area contributed by atoms with Gasteiger partial charge in [0.2, 0.25) is 5.91 Å². The number of amides is 1. The van der Waals surface area contributed by atoms with Gasteiger partial charge in [-0.2, -0.15) is 0 Å². The van der Waals surface area contributed by atoms with Gasteiger partial charge in [0.05, 0.1) is 23.9 Å². The lowest BCUT2D eigenvalue weighted by molar-refractivity contribution is -0.120. The maximum Gasteiger partial charge on any atom is 0.228 e. The van der Waals surface area contributed by atoms with E-state index in [1.807, 2.05) is 30.7 Å². The highest BCUT2D eigenvalue weighted by Gasteiger charge is 2.25. The van der Waals surface area contributed by atoms with Gasteiger partial charge in [-0.25, -0.2) is 9.97 Å². The second-order valence-electron chi connectivity index (χ2n) is 5.36. The first-order valence-electron chi connectivity index (χ1n) is 7.03. The zero-order valence-electron chi connectivity index (χ0n) is 11.4. The molecule has 0 aliphatic carbocycles. The maximum atomic E-state index is 12.5. The molecule has 1 aliphatic heterocycles. The number of fused-ring (bicyclic) bond motifs is 2. The van der Waals surface area contributed by atoms with E-state index in [2.05, 4.69) is 24.8 Å². The van der Waals surface area contributed by atoms with Crippen molar-refractivity contribution in [2.24, 2.45) is 5.92 Å². The molecule has 4 rings (SSSR count). The lowest BCUT2D eigenvalue weighted by Crippen LogP contribution is -2.30. The Kier molecular flexibility index (Phi) is 2.73. The zero-order valence-corrected chi connectivity index (χ0v) is 11.4. The van der Waals surface area contributed by atoms with Crippen molar-refractivity contribution in [2.75, 3.05) is 5.32 Å². The average Bonchev–Trinajstić information content (AvgIpc) is 3.15. The molecular weight excluding hydrogens is 266 g/mol. The maximum absolute atomic E-state index is 12.5. The third kappa shape index (κ3) is 2.08. The molecule has 1 atom stereocenters. The summed E-state index contributed by atoms with van der Waals surface area (Å²) in [7, 11) is 0. The van der Waals surface area contributed by atoms with Gasteiger partial charge in [0.25, 0.3) is 0 Å². The number of carbonyl (C=O) groups is 1. The molecule has 6 nitrogen and oxygen atoms in total. The van der Waals surface area contributed by atoms with Crippen LogP contribution in [0.1, 0.15) is 12.1 Å². The molecule has 1 aromatic carbocycles. The molecule has 0 saturated heterocycles. The van der Waals surface area contributed by atoms with Crippen molar-refractivity contribution in [1.29, 1.82) is 0 Å². The normalized spacial score (nSPS) is 17.6. The number of anilines is 1. The summed E-state index contributed by atoms with van der Waals surface area (Å²) in [6, 6.07) is 5.73. The predicted molar refractivity (Wildman–Crippen MR) is 78.8 cm³/mol. The number of nitrogens with zero attached hydrogens (tertiary/aromatic N) is 3. The molecular formula is C15H15N5O. The van der Waals surface area contributed by atoms with Crippen LogP contribution in [0.4, 0.5) is 5.69 Å². The minimum Gasteiger partial charge on any atom is -0.345 e. The number of aryl methyl sites for hydroxylation is 1. The van der Waals surface area contributed by atoms with Crippen molar-refractivity contribution in [2.45, 2.75) is 19.4 Å². The van der Waals surface area contributed by atoms with E-state index in [0.717, 1.165) is 41.8 Å². The van der Waals surface area contributed by atoms with E-state index >= 15 is 0 Å². The van der Waals surface area contributed by atoms with Crippen LogP contribution in [-0.2, 0) is 17.8 Å². The lowest BCUT2D eigenvalue weighted by atomic mass is 9.95. The Bertz CT molecular complexity index is 803. The summed E-state index contributed by atoms with van der Waals surface area (Å²) in [5, 5.41) is 3.01. The Morgan fingerprint density at radius 2 is 2.38 bits per heavy atom. The summed E-state index contributed by atoms with van der Waals surface area (Å²) in [6.07, 6.45) is 6.88. The SMILES string of the molecule is O=C(Nc1cccc2[nH]cnc12)C1CCn2cncc2C1. The Balaban J connectivity index is 1.55. The number of nitrogens with one attached hydrogen (secondary N) is 2. The topological polar surface area (TPSA) is 75.6 Å². The Morgan fingerprint density at radius 3 is 3.33 bits per heavy atom. The molecule has 0 bridgehead atoms. The van der Waals surface area contributed by atoms with Crippen LogP contribution in [0, 0.1) is 5.92 Å². The fraction of sp³-hybridized carbons (Fsp3) is 0.267. The van der Waals surface area contributed by atoms with Crippen LogP contribution in [0.15, 0.2) is 37.1 Å². The van der Waals surface area contributed by atoms with Crippen molar-refractivity contribution >= 4 is 22.6 Å². The summed E-state index contributed by atoms with van der Waals surface area (Å²) in [5.41, 5.74) is 3.61. The predicted octanol–water partition coefficient (Wildman–Crippen LogP) is 1.96. The summed E-state index contributed by atoms with van der Waals surface area (Å²) < 4.78 is 2.11. The van der Waals surface area contributed by atoms with Crippen LogP contribution in [0.5, 0.6) is 0 Å². The zero-order chi connectivity index (χ0) is 14.2. The van der Waals surface area contributed by atoms with E-state index in [4.69, 9.17) is 0 Å². The molecule has 0 spiro atoms. The van der Waals surface area contributed by atoms with Crippen molar-refractivity contribution in [3.8, 4) is 0 Å². The van der Waals surface area contributed by atoms with E-state index in [0.29, 0.717) is 0 Å². The molecule has 21 heavy (non-hydrogen) atoms. The first-order valence-corrected chi connectivity index (χ1v) is 7.03. The Hall–Kier alpha value is -2.63. The van der Waals surface area contributed by atoms with Gasteiger partial charge in [-0.05, 0) is 18.6 Å². The molecule has 6 heteroatoms. The molecule has 1 aliphatic rings. The second-order valence-corrected chi connectivity index (χ2v) is 5.36. The number of aromatic amines is 1. The highest BCUT2D eigenvalue weighted by molar-refractivity contribution is 6.00. The number of H-pyrrole nitrogens is 1. The van der Waals surface area contributed by atoms with Crippen molar-refractivity contribution in [3.05, 3.63) is 42.7 Å². The molecule has 1 unspecified atom stereocenters.